The molecule has 1 saturated heterocycles. The van der Waals surface area contributed by atoms with Gasteiger partial charge in [-0.25, -0.2) is 0 Å². The first-order valence-corrected chi connectivity index (χ1v) is 7.91. The van der Waals surface area contributed by atoms with E-state index >= 15 is 0 Å². The molecule has 0 spiro atoms. The summed E-state index contributed by atoms with van der Waals surface area (Å²) in [6.07, 6.45) is 4.51. The van der Waals surface area contributed by atoms with Gasteiger partial charge in [0, 0.05) is 24.9 Å². The summed E-state index contributed by atoms with van der Waals surface area (Å²) in [6, 6.07) is 3.88. The average molecular weight is 372 g/mol. The summed E-state index contributed by atoms with van der Waals surface area (Å²) >= 11 is 0. The normalized spacial score (nSPS) is 24.8. The molecule has 8 heteroatoms. The number of rotatable bonds is 3. The second-order valence-corrected chi connectivity index (χ2v) is 6.45. The fourth-order valence-corrected chi connectivity index (χ4v) is 3.76. The lowest BCUT2D eigenvalue weighted by Crippen LogP contribution is -2.19. The van der Waals surface area contributed by atoms with Crippen LogP contribution in [-0.4, -0.2) is 39.2 Å². The Kier molecular flexibility index (Phi) is 6.06. The standard InChI is InChI=1S/C16H21N5O.2ClH/c1-10-14(9-21(2)20-10)15-3-4-16(19-18-15)22-13-5-11-7-17-8-12(11)6-13;;/h3-4,9,11-13,17H,5-8H2,1-2H3;2*1H/t11-,12+,13?;;. The molecule has 1 aliphatic carbocycles. The molecule has 0 amide bonds. The zero-order chi connectivity index (χ0) is 15.1. The lowest BCUT2D eigenvalue weighted by Gasteiger charge is -2.13. The average Bonchev–Trinajstić information content (AvgIpc) is 3.15. The Bertz CT molecular complexity index is 664. The van der Waals surface area contributed by atoms with Gasteiger partial charge in [0.05, 0.1) is 11.4 Å². The minimum absolute atomic E-state index is 0. The number of nitrogens with zero attached hydrogens (tertiary/aromatic N) is 4. The molecule has 132 valence electrons. The van der Waals surface area contributed by atoms with Crippen LogP contribution in [0.2, 0.25) is 0 Å². The third kappa shape index (κ3) is 3.66. The van der Waals surface area contributed by atoms with Crippen molar-refractivity contribution >= 4 is 24.8 Å². The number of hydrogen-bond donors (Lipinski definition) is 1. The molecule has 2 aromatic rings. The zero-order valence-corrected chi connectivity index (χ0v) is 15.4. The molecule has 2 aliphatic rings. The first kappa shape index (κ1) is 19.0. The molecule has 1 unspecified atom stereocenters. The first-order valence-electron chi connectivity index (χ1n) is 7.91. The van der Waals surface area contributed by atoms with Crippen molar-refractivity contribution in [1.82, 2.24) is 25.3 Å². The number of hydrogen-bond acceptors (Lipinski definition) is 5. The van der Waals surface area contributed by atoms with Crippen LogP contribution in [0.25, 0.3) is 11.3 Å². The maximum Gasteiger partial charge on any atom is 0.233 e. The number of ether oxygens (including phenoxy) is 1. The van der Waals surface area contributed by atoms with Gasteiger partial charge < -0.3 is 10.1 Å². The van der Waals surface area contributed by atoms with Crippen LogP contribution >= 0.6 is 24.8 Å². The molecular formula is C16H23Cl2N5O. The molecule has 1 saturated carbocycles. The molecule has 0 radical (unpaired) electrons. The lowest BCUT2D eigenvalue weighted by molar-refractivity contribution is 0.189. The Hall–Kier alpha value is -1.37. The van der Waals surface area contributed by atoms with Gasteiger partial charge in [0.1, 0.15) is 6.10 Å². The monoisotopic (exact) mass is 371 g/mol. The van der Waals surface area contributed by atoms with Crippen molar-refractivity contribution in [2.24, 2.45) is 18.9 Å². The highest BCUT2D eigenvalue weighted by atomic mass is 35.5. The summed E-state index contributed by atoms with van der Waals surface area (Å²) in [7, 11) is 1.91. The maximum atomic E-state index is 6.02. The number of nitrogens with one attached hydrogen (secondary N) is 1. The second-order valence-electron chi connectivity index (χ2n) is 6.45. The Balaban J connectivity index is 0.00000104. The number of aryl methyl sites for hydroxylation is 2. The topological polar surface area (TPSA) is 64.9 Å². The minimum atomic E-state index is 0. The van der Waals surface area contributed by atoms with Crippen molar-refractivity contribution in [3.63, 3.8) is 0 Å². The van der Waals surface area contributed by atoms with Gasteiger partial charge in [-0.05, 0) is 50.8 Å². The second kappa shape index (κ2) is 7.68. The van der Waals surface area contributed by atoms with Gasteiger partial charge in [0.15, 0.2) is 0 Å². The van der Waals surface area contributed by atoms with Crippen LogP contribution in [0.4, 0.5) is 0 Å². The lowest BCUT2D eigenvalue weighted by atomic mass is 10.0. The van der Waals surface area contributed by atoms with Gasteiger partial charge in [-0.1, -0.05) is 0 Å². The fraction of sp³-hybridized carbons (Fsp3) is 0.562. The number of halogens is 2. The Morgan fingerprint density at radius 2 is 1.83 bits per heavy atom. The van der Waals surface area contributed by atoms with Crippen LogP contribution in [0.15, 0.2) is 18.3 Å². The van der Waals surface area contributed by atoms with Crippen molar-refractivity contribution in [2.75, 3.05) is 13.1 Å². The zero-order valence-electron chi connectivity index (χ0n) is 13.8. The molecule has 24 heavy (non-hydrogen) atoms. The summed E-state index contributed by atoms with van der Waals surface area (Å²) in [4.78, 5) is 0. The van der Waals surface area contributed by atoms with Gasteiger partial charge in [-0.2, -0.15) is 5.10 Å². The van der Waals surface area contributed by atoms with E-state index in [-0.39, 0.29) is 30.9 Å². The molecule has 0 aromatic carbocycles. The molecule has 3 heterocycles. The third-order valence-electron chi connectivity index (χ3n) is 4.83. The molecule has 2 fully saturated rings. The predicted octanol–water partition coefficient (Wildman–Crippen LogP) is 2.41. The van der Waals surface area contributed by atoms with Crippen LogP contribution in [0.5, 0.6) is 5.88 Å². The largest absolute Gasteiger partial charge is 0.473 e. The van der Waals surface area contributed by atoms with E-state index in [0.29, 0.717) is 5.88 Å². The molecule has 4 rings (SSSR count). The van der Waals surface area contributed by atoms with E-state index in [2.05, 4.69) is 20.6 Å². The molecule has 1 N–H and O–H groups in total. The van der Waals surface area contributed by atoms with Gasteiger partial charge in [0.25, 0.3) is 0 Å². The summed E-state index contributed by atoms with van der Waals surface area (Å²) in [5, 5.41) is 16.3. The van der Waals surface area contributed by atoms with Crippen LogP contribution in [0.3, 0.4) is 0 Å². The van der Waals surface area contributed by atoms with Crippen molar-refractivity contribution in [1.29, 1.82) is 0 Å². The van der Waals surface area contributed by atoms with Gasteiger partial charge >= 0.3 is 0 Å². The van der Waals surface area contributed by atoms with Crippen LogP contribution in [0, 0.1) is 18.8 Å². The van der Waals surface area contributed by atoms with Crippen molar-refractivity contribution in [3.8, 4) is 17.1 Å². The third-order valence-corrected chi connectivity index (χ3v) is 4.83. The predicted molar refractivity (Wildman–Crippen MR) is 97.0 cm³/mol. The summed E-state index contributed by atoms with van der Waals surface area (Å²) in [5.74, 6) is 2.17. The van der Waals surface area contributed by atoms with Gasteiger partial charge in [-0.15, -0.1) is 35.0 Å². The molecule has 6 nitrogen and oxygen atoms in total. The Morgan fingerprint density at radius 3 is 2.38 bits per heavy atom. The van der Waals surface area contributed by atoms with Crippen molar-refractivity contribution in [2.45, 2.75) is 25.9 Å². The summed E-state index contributed by atoms with van der Waals surface area (Å²) < 4.78 is 7.81. The van der Waals surface area contributed by atoms with Crippen molar-refractivity contribution < 1.29 is 4.74 Å². The van der Waals surface area contributed by atoms with E-state index in [0.717, 1.165) is 54.7 Å². The summed E-state index contributed by atoms with van der Waals surface area (Å²) in [6.45, 7) is 4.25. The van der Waals surface area contributed by atoms with Crippen LogP contribution in [0.1, 0.15) is 18.5 Å². The smallest absolute Gasteiger partial charge is 0.233 e. The fourth-order valence-electron chi connectivity index (χ4n) is 3.76. The minimum Gasteiger partial charge on any atom is -0.473 e. The summed E-state index contributed by atoms with van der Waals surface area (Å²) in [5.41, 5.74) is 2.81. The SMILES string of the molecule is Cc1nn(C)cc1-c1ccc(OC2C[C@H]3CNC[C@H]3C2)nn1.Cl.Cl. The first-order chi connectivity index (χ1) is 10.7. The highest BCUT2D eigenvalue weighted by Gasteiger charge is 2.38. The van der Waals surface area contributed by atoms with Gasteiger partial charge in [0.2, 0.25) is 5.88 Å². The van der Waals surface area contributed by atoms with Gasteiger partial charge in [-0.3, -0.25) is 4.68 Å². The van der Waals surface area contributed by atoms with Crippen molar-refractivity contribution in [3.05, 3.63) is 24.0 Å². The van der Waals surface area contributed by atoms with E-state index in [9.17, 15) is 0 Å². The number of fused-ring (bicyclic) bond motifs is 1. The quantitative estimate of drug-likeness (QED) is 0.897. The number of aromatic nitrogens is 4. The highest BCUT2D eigenvalue weighted by Crippen LogP contribution is 2.36. The van der Waals surface area contributed by atoms with E-state index in [1.807, 2.05) is 32.3 Å². The molecular weight excluding hydrogens is 349 g/mol. The van der Waals surface area contributed by atoms with E-state index in [4.69, 9.17) is 4.74 Å². The Labute approximate surface area is 154 Å². The highest BCUT2D eigenvalue weighted by molar-refractivity contribution is 5.85. The van der Waals surface area contributed by atoms with E-state index in [1.54, 1.807) is 4.68 Å². The molecule has 3 atom stereocenters. The molecule has 1 aliphatic heterocycles. The Morgan fingerprint density at radius 1 is 1.12 bits per heavy atom. The molecule has 2 aromatic heterocycles. The molecule has 0 bridgehead atoms. The van der Waals surface area contributed by atoms with E-state index < -0.39 is 0 Å². The van der Waals surface area contributed by atoms with Crippen LogP contribution < -0.4 is 10.1 Å². The maximum absolute atomic E-state index is 6.02. The van der Waals surface area contributed by atoms with E-state index in [1.165, 1.54) is 0 Å². The van der Waals surface area contributed by atoms with Crippen LogP contribution in [-0.2, 0) is 7.05 Å².